The van der Waals surface area contributed by atoms with Gasteiger partial charge in [0.2, 0.25) is 0 Å². The largest absolute Gasteiger partial charge is 0.360 e. The van der Waals surface area contributed by atoms with E-state index in [2.05, 4.69) is 98.7 Å². The lowest BCUT2D eigenvalue weighted by molar-refractivity contribution is 0.921. The fourth-order valence-electron chi connectivity index (χ4n) is 5.15. The minimum atomic E-state index is 0.792. The van der Waals surface area contributed by atoms with Gasteiger partial charge in [0.25, 0.3) is 0 Å². The molecule has 0 saturated heterocycles. The van der Waals surface area contributed by atoms with E-state index in [-0.39, 0.29) is 0 Å². The van der Waals surface area contributed by atoms with Gasteiger partial charge in [-0.15, -0.1) is 0 Å². The van der Waals surface area contributed by atoms with Gasteiger partial charge >= 0.3 is 0 Å². The van der Waals surface area contributed by atoms with Gasteiger partial charge in [-0.1, -0.05) is 36.4 Å². The zero-order valence-electron chi connectivity index (χ0n) is 21.3. The zero-order chi connectivity index (χ0) is 26.0. The maximum absolute atomic E-state index is 3.70. The van der Waals surface area contributed by atoms with Crippen LogP contribution in [0, 0.1) is 0 Å². The molecule has 6 heteroatoms. The summed E-state index contributed by atoms with van der Waals surface area (Å²) in [4.78, 5) is 0. The molecule has 0 amide bonds. The molecule has 39 heavy (non-hydrogen) atoms. The summed E-state index contributed by atoms with van der Waals surface area (Å²) in [5.41, 5.74) is 10.8. The lowest BCUT2D eigenvalue weighted by Gasteiger charge is -2.26. The molecule has 7 rings (SSSR count). The zero-order valence-corrected chi connectivity index (χ0v) is 21.3. The van der Waals surface area contributed by atoms with Crippen LogP contribution in [0.25, 0.3) is 12.2 Å². The predicted octanol–water partition coefficient (Wildman–Crippen LogP) is 4.11. The predicted molar refractivity (Wildman–Crippen MR) is 160 cm³/mol. The lowest BCUT2D eigenvalue weighted by atomic mass is 9.96. The van der Waals surface area contributed by atoms with Crippen molar-refractivity contribution in [3.8, 4) is 0 Å². The molecule has 6 nitrogen and oxygen atoms in total. The van der Waals surface area contributed by atoms with Crippen LogP contribution in [-0.4, -0.2) is 0 Å². The van der Waals surface area contributed by atoms with Gasteiger partial charge in [-0.3, -0.25) is 0 Å². The normalized spacial score (nSPS) is 23.5. The van der Waals surface area contributed by atoms with Crippen molar-refractivity contribution >= 4 is 23.5 Å². The Morgan fingerprint density at radius 1 is 0.462 bits per heavy atom. The molecule has 0 bridgehead atoms. The number of nitrogens with one attached hydrogen (secondary N) is 6. The van der Waals surface area contributed by atoms with Gasteiger partial charge in [0.05, 0.1) is 45.6 Å². The second-order valence-electron chi connectivity index (χ2n) is 9.69. The molecular formula is C33H28N6. The van der Waals surface area contributed by atoms with Gasteiger partial charge in [0.1, 0.15) is 0 Å². The van der Waals surface area contributed by atoms with Crippen molar-refractivity contribution in [2.75, 3.05) is 10.6 Å². The van der Waals surface area contributed by atoms with Gasteiger partial charge < -0.3 is 31.9 Å². The standard InChI is InChI=1S/C33H28N6/c1-3-14-34-26(7-1)29-19-22(13-17-36-29)18-23-20-30(27-8-2-4-15-35-27)38-31(21-23)28-12-11-25-10-9-24-6-5-16-37-32(24)33(25)39-28/h1-17,19-21,34-39H,18H2. The third-order valence-corrected chi connectivity index (χ3v) is 7.05. The summed E-state index contributed by atoms with van der Waals surface area (Å²) < 4.78 is 0. The summed E-state index contributed by atoms with van der Waals surface area (Å²) in [7, 11) is 0. The van der Waals surface area contributed by atoms with E-state index in [4.69, 9.17) is 0 Å². The molecule has 0 aromatic heterocycles. The first-order chi connectivity index (χ1) is 19.3. The molecule has 0 spiro atoms. The minimum Gasteiger partial charge on any atom is -0.360 e. The summed E-state index contributed by atoms with van der Waals surface area (Å²) in [5, 5.41) is 23.2. The lowest BCUT2D eigenvalue weighted by Crippen LogP contribution is -2.28. The summed E-state index contributed by atoms with van der Waals surface area (Å²) in [6.45, 7) is 0. The molecule has 0 atom stereocenters. The smallest absolute Gasteiger partial charge is 0.0703 e. The Hall–Kier alpha value is -5.36. The number of anilines is 2. The highest BCUT2D eigenvalue weighted by atomic mass is 15.0. The molecule has 0 radical (unpaired) electrons. The maximum Gasteiger partial charge on any atom is 0.0703 e. The van der Waals surface area contributed by atoms with Crippen LogP contribution in [0.4, 0.5) is 11.4 Å². The second-order valence-corrected chi connectivity index (χ2v) is 9.69. The fourth-order valence-corrected chi connectivity index (χ4v) is 5.15. The molecule has 6 N–H and O–H groups in total. The Labute approximate surface area is 227 Å². The monoisotopic (exact) mass is 508 g/mol. The SMILES string of the molecule is C1=CNC(=C2C=C(CC3=CC(=C4C=CC=CN4)NC(C4=CC=c5ccc6c(c5N4)NC=CC=6)=C3)C=CN2)C=C1. The van der Waals surface area contributed by atoms with Gasteiger partial charge in [-0.25, -0.2) is 0 Å². The Kier molecular flexibility index (Phi) is 5.75. The van der Waals surface area contributed by atoms with Crippen LogP contribution < -0.4 is 42.3 Å². The molecule has 0 aliphatic carbocycles. The van der Waals surface area contributed by atoms with Crippen LogP contribution in [0.3, 0.4) is 0 Å². The van der Waals surface area contributed by atoms with Crippen LogP contribution in [0.1, 0.15) is 6.42 Å². The van der Waals surface area contributed by atoms with E-state index in [1.165, 1.54) is 16.4 Å². The Morgan fingerprint density at radius 3 is 1.97 bits per heavy atom. The van der Waals surface area contributed by atoms with Crippen LogP contribution in [0.15, 0.2) is 155 Å². The molecule has 6 heterocycles. The Morgan fingerprint density at radius 2 is 1.18 bits per heavy atom. The topological polar surface area (TPSA) is 72.2 Å². The number of rotatable bonds is 3. The highest BCUT2D eigenvalue weighted by Gasteiger charge is 2.20. The average molecular weight is 509 g/mol. The van der Waals surface area contributed by atoms with Crippen molar-refractivity contribution in [2.45, 2.75) is 6.42 Å². The van der Waals surface area contributed by atoms with Crippen molar-refractivity contribution in [3.63, 3.8) is 0 Å². The molecule has 190 valence electrons. The van der Waals surface area contributed by atoms with Gasteiger partial charge in [-0.05, 0) is 78.3 Å². The fraction of sp³-hybridized carbons (Fsp3) is 0.0303. The third kappa shape index (κ3) is 4.60. The molecule has 0 saturated carbocycles. The summed E-state index contributed by atoms with van der Waals surface area (Å²) in [6, 6.07) is 4.31. The van der Waals surface area contributed by atoms with E-state index < -0.39 is 0 Å². The first-order valence-electron chi connectivity index (χ1n) is 13.1. The van der Waals surface area contributed by atoms with Crippen LogP contribution in [0.5, 0.6) is 0 Å². The number of hydrogen-bond acceptors (Lipinski definition) is 6. The first-order valence-corrected chi connectivity index (χ1v) is 13.1. The molecule has 0 unspecified atom stereocenters. The van der Waals surface area contributed by atoms with E-state index in [1.54, 1.807) is 0 Å². The average Bonchev–Trinajstić information content (AvgIpc) is 3.01. The minimum absolute atomic E-state index is 0.792. The van der Waals surface area contributed by atoms with E-state index in [1.807, 2.05) is 55.2 Å². The van der Waals surface area contributed by atoms with Crippen molar-refractivity contribution < 1.29 is 0 Å². The molecule has 6 aliphatic rings. The highest BCUT2D eigenvalue weighted by Crippen LogP contribution is 2.29. The van der Waals surface area contributed by atoms with E-state index in [0.29, 0.717) is 0 Å². The van der Waals surface area contributed by atoms with Crippen LogP contribution >= 0.6 is 0 Å². The maximum atomic E-state index is 3.70. The molecule has 1 aromatic rings. The first kappa shape index (κ1) is 22.8. The van der Waals surface area contributed by atoms with E-state index in [0.717, 1.165) is 57.2 Å². The number of fused-ring (bicyclic) bond motifs is 3. The quantitative estimate of drug-likeness (QED) is 0.369. The molecule has 6 aliphatic heterocycles. The number of allylic oxidation sites excluding steroid dienone is 14. The van der Waals surface area contributed by atoms with Gasteiger partial charge in [0, 0.05) is 35.2 Å². The van der Waals surface area contributed by atoms with E-state index in [9.17, 15) is 0 Å². The van der Waals surface area contributed by atoms with Crippen molar-refractivity contribution in [3.05, 3.63) is 166 Å². The van der Waals surface area contributed by atoms with Crippen molar-refractivity contribution in [1.82, 2.24) is 21.3 Å². The third-order valence-electron chi connectivity index (χ3n) is 7.05. The van der Waals surface area contributed by atoms with Crippen LogP contribution in [-0.2, 0) is 0 Å². The molecule has 0 fully saturated rings. The molecule has 1 aromatic carbocycles. The molecular weight excluding hydrogens is 480 g/mol. The summed E-state index contributed by atoms with van der Waals surface area (Å²) in [6.07, 6.45) is 38.2. The number of benzene rings is 1. The Bertz CT molecular complexity index is 1760. The van der Waals surface area contributed by atoms with Crippen LogP contribution in [0.2, 0.25) is 0 Å². The highest BCUT2D eigenvalue weighted by molar-refractivity contribution is 5.80. The Balaban J connectivity index is 1.24. The van der Waals surface area contributed by atoms with E-state index >= 15 is 0 Å². The summed E-state index contributed by atoms with van der Waals surface area (Å²) >= 11 is 0. The summed E-state index contributed by atoms with van der Waals surface area (Å²) in [5.74, 6) is 0. The van der Waals surface area contributed by atoms with Gasteiger partial charge in [-0.2, -0.15) is 0 Å². The number of dihydropyridines is 4. The number of hydrogen-bond donors (Lipinski definition) is 6. The van der Waals surface area contributed by atoms with Crippen molar-refractivity contribution in [1.29, 1.82) is 0 Å². The second kappa shape index (κ2) is 9.84. The van der Waals surface area contributed by atoms with Gasteiger partial charge in [0.15, 0.2) is 0 Å². The van der Waals surface area contributed by atoms with Crippen molar-refractivity contribution in [2.24, 2.45) is 0 Å².